The molecule has 1 heterocycles. The van der Waals surface area contributed by atoms with Crippen molar-refractivity contribution in [2.24, 2.45) is 0 Å². The molecule has 102 valence electrons. The van der Waals surface area contributed by atoms with Crippen molar-refractivity contribution < 1.29 is 0 Å². The zero-order valence-electron chi connectivity index (χ0n) is 11.1. The summed E-state index contributed by atoms with van der Waals surface area (Å²) in [5.74, 6) is 0. The third kappa shape index (κ3) is 3.50. The van der Waals surface area contributed by atoms with Crippen LogP contribution in [0.5, 0.6) is 0 Å². The molecule has 0 bridgehead atoms. The van der Waals surface area contributed by atoms with E-state index in [-0.39, 0.29) is 5.41 Å². The third-order valence-corrected chi connectivity index (χ3v) is 4.52. The van der Waals surface area contributed by atoms with Gasteiger partial charge in [-0.15, -0.1) is 11.3 Å². The van der Waals surface area contributed by atoms with Crippen molar-refractivity contribution in [1.29, 1.82) is 0 Å². The minimum Gasteiger partial charge on any atom is -0.375 e. The lowest BCUT2D eigenvalue weighted by atomic mass is 9.90. The predicted molar refractivity (Wildman–Crippen MR) is 87.2 cm³/mol. The Bertz CT molecular complexity index is 602. The van der Waals surface area contributed by atoms with Gasteiger partial charge in [-0.1, -0.05) is 54.4 Å². The zero-order valence-corrected chi connectivity index (χ0v) is 14.3. The number of aromatic nitrogens is 1. The van der Waals surface area contributed by atoms with Gasteiger partial charge in [-0.3, -0.25) is 0 Å². The van der Waals surface area contributed by atoms with Crippen molar-refractivity contribution in [3.05, 3.63) is 43.8 Å². The lowest BCUT2D eigenvalue weighted by Crippen LogP contribution is -2.14. The Morgan fingerprint density at radius 2 is 2.05 bits per heavy atom. The number of hydrogen-bond acceptors (Lipinski definition) is 3. The van der Waals surface area contributed by atoms with Crippen molar-refractivity contribution in [2.75, 3.05) is 5.73 Å². The van der Waals surface area contributed by atoms with E-state index in [1.54, 1.807) is 11.3 Å². The second kappa shape index (κ2) is 5.43. The lowest BCUT2D eigenvalue weighted by molar-refractivity contribution is 0.568. The number of nitrogens with two attached hydrogens (primary N) is 1. The van der Waals surface area contributed by atoms with Gasteiger partial charge in [-0.05, 0) is 17.7 Å². The number of nitrogens with zero attached hydrogens (tertiary/aromatic N) is 1. The minimum absolute atomic E-state index is 0.00864. The van der Waals surface area contributed by atoms with Crippen LogP contribution in [0, 0.1) is 0 Å². The Kier molecular flexibility index (Phi) is 4.23. The topological polar surface area (TPSA) is 38.9 Å². The first-order chi connectivity index (χ1) is 8.77. The number of thiazole rings is 1. The predicted octanol–water partition coefficient (Wildman–Crippen LogP) is 5.03. The Labute approximate surface area is 131 Å². The summed E-state index contributed by atoms with van der Waals surface area (Å²) in [7, 11) is 0. The van der Waals surface area contributed by atoms with E-state index in [0.29, 0.717) is 5.13 Å². The van der Waals surface area contributed by atoms with Crippen LogP contribution in [-0.2, 0) is 11.8 Å². The average Bonchev–Trinajstić information content (AvgIpc) is 2.63. The van der Waals surface area contributed by atoms with Crippen LogP contribution in [0.2, 0.25) is 5.02 Å². The molecule has 1 aromatic carbocycles. The summed E-state index contributed by atoms with van der Waals surface area (Å²) >= 11 is 11.2. The SMILES string of the molecule is CC(C)(C)c1nc(N)sc1Cc1ccc(Br)cc1Cl. The van der Waals surface area contributed by atoms with Crippen LogP contribution in [0.1, 0.15) is 36.9 Å². The molecular weight excluding hydrogens is 344 g/mol. The number of anilines is 1. The molecule has 0 radical (unpaired) electrons. The standard InChI is InChI=1S/C14H16BrClN2S/c1-14(2,3)12-11(19-13(17)18-12)6-8-4-5-9(15)7-10(8)16/h4-5,7H,6H2,1-3H3,(H2,17,18). The molecule has 2 N–H and O–H groups in total. The van der Waals surface area contributed by atoms with Gasteiger partial charge < -0.3 is 5.73 Å². The molecule has 0 unspecified atom stereocenters. The highest BCUT2D eigenvalue weighted by Gasteiger charge is 2.23. The molecule has 0 aliphatic heterocycles. The first-order valence-electron chi connectivity index (χ1n) is 5.97. The second-order valence-corrected chi connectivity index (χ2v) is 7.92. The van der Waals surface area contributed by atoms with Crippen molar-refractivity contribution >= 4 is 44.0 Å². The molecular formula is C14H16BrClN2S. The van der Waals surface area contributed by atoms with Gasteiger partial charge in [0.15, 0.2) is 5.13 Å². The minimum atomic E-state index is -0.00864. The van der Waals surface area contributed by atoms with Crippen molar-refractivity contribution in [3.8, 4) is 0 Å². The fraction of sp³-hybridized carbons (Fsp3) is 0.357. The first-order valence-corrected chi connectivity index (χ1v) is 7.95. The van der Waals surface area contributed by atoms with Crippen LogP contribution in [0.3, 0.4) is 0 Å². The molecule has 5 heteroatoms. The molecule has 0 saturated carbocycles. The van der Waals surface area contributed by atoms with Gasteiger partial charge in [0.1, 0.15) is 0 Å². The number of halogens is 2. The highest BCUT2D eigenvalue weighted by Crippen LogP contribution is 2.34. The number of nitrogen functional groups attached to an aromatic ring is 1. The van der Waals surface area contributed by atoms with E-state index in [4.69, 9.17) is 17.3 Å². The highest BCUT2D eigenvalue weighted by molar-refractivity contribution is 9.10. The van der Waals surface area contributed by atoms with Crippen LogP contribution in [0.25, 0.3) is 0 Å². The quantitative estimate of drug-likeness (QED) is 0.816. The first kappa shape index (κ1) is 14.8. The molecule has 2 aromatic rings. The van der Waals surface area contributed by atoms with E-state index in [9.17, 15) is 0 Å². The number of benzene rings is 1. The van der Waals surface area contributed by atoms with Crippen LogP contribution in [-0.4, -0.2) is 4.98 Å². The summed E-state index contributed by atoms with van der Waals surface area (Å²) < 4.78 is 0.987. The largest absolute Gasteiger partial charge is 0.375 e. The van der Waals surface area contributed by atoms with Gasteiger partial charge in [0.05, 0.1) is 5.69 Å². The molecule has 0 aliphatic carbocycles. The summed E-state index contributed by atoms with van der Waals surface area (Å²) in [6.07, 6.45) is 0.771. The monoisotopic (exact) mass is 358 g/mol. The van der Waals surface area contributed by atoms with Crippen LogP contribution < -0.4 is 5.73 Å². The third-order valence-electron chi connectivity index (χ3n) is 2.79. The molecule has 2 rings (SSSR count). The van der Waals surface area contributed by atoms with Gasteiger partial charge in [0, 0.05) is 26.2 Å². The van der Waals surface area contributed by atoms with Crippen molar-refractivity contribution in [3.63, 3.8) is 0 Å². The Morgan fingerprint density at radius 1 is 1.37 bits per heavy atom. The molecule has 2 nitrogen and oxygen atoms in total. The summed E-state index contributed by atoms with van der Waals surface area (Å²) in [6, 6.07) is 5.95. The Balaban J connectivity index is 2.38. The second-order valence-electron chi connectivity index (χ2n) is 5.49. The fourth-order valence-corrected chi connectivity index (χ4v) is 3.72. The normalized spacial score (nSPS) is 11.8. The van der Waals surface area contributed by atoms with E-state index >= 15 is 0 Å². The summed E-state index contributed by atoms with van der Waals surface area (Å²) in [5.41, 5.74) is 8.01. The average molecular weight is 360 g/mol. The van der Waals surface area contributed by atoms with Crippen molar-refractivity contribution in [2.45, 2.75) is 32.6 Å². The molecule has 0 aliphatic rings. The van der Waals surface area contributed by atoms with E-state index < -0.39 is 0 Å². The van der Waals surface area contributed by atoms with Gasteiger partial charge in [0.2, 0.25) is 0 Å². The Hall–Kier alpha value is -0.580. The van der Waals surface area contributed by atoms with Gasteiger partial charge in [-0.25, -0.2) is 4.98 Å². The maximum absolute atomic E-state index is 6.28. The fourth-order valence-electron chi connectivity index (χ4n) is 1.91. The summed E-state index contributed by atoms with van der Waals surface area (Å²) in [4.78, 5) is 5.66. The van der Waals surface area contributed by atoms with Gasteiger partial charge in [0.25, 0.3) is 0 Å². The zero-order chi connectivity index (χ0) is 14.2. The molecule has 0 amide bonds. The van der Waals surface area contributed by atoms with E-state index in [0.717, 1.165) is 27.2 Å². The van der Waals surface area contributed by atoms with E-state index in [1.165, 1.54) is 4.88 Å². The molecule has 0 saturated heterocycles. The smallest absolute Gasteiger partial charge is 0.180 e. The van der Waals surface area contributed by atoms with Crippen LogP contribution in [0.15, 0.2) is 22.7 Å². The molecule has 0 spiro atoms. The molecule has 19 heavy (non-hydrogen) atoms. The van der Waals surface area contributed by atoms with Crippen LogP contribution in [0.4, 0.5) is 5.13 Å². The lowest BCUT2D eigenvalue weighted by Gasteiger charge is -2.17. The Morgan fingerprint density at radius 3 is 2.63 bits per heavy atom. The van der Waals surface area contributed by atoms with Crippen LogP contribution >= 0.6 is 38.9 Å². The van der Waals surface area contributed by atoms with Gasteiger partial charge >= 0.3 is 0 Å². The summed E-state index contributed by atoms with van der Waals surface area (Å²) in [5, 5.41) is 1.38. The molecule has 1 aromatic heterocycles. The van der Waals surface area contributed by atoms with Gasteiger partial charge in [-0.2, -0.15) is 0 Å². The molecule has 0 atom stereocenters. The van der Waals surface area contributed by atoms with E-state index in [2.05, 4.69) is 41.7 Å². The maximum atomic E-state index is 6.28. The van der Waals surface area contributed by atoms with Crippen molar-refractivity contribution in [1.82, 2.24) is 4.98 Å². The molecule has 0 fully saturated rings. The highest BCUT2D eigenvalue weighted by atomic mass is 79.9. The number of hydrogen-bond donors (Lipinski definition) is 1. The maximum Gasteiger partial charge on any atom is 0.180 e. The summed E-state index contributed by atoms with van der Waals surface area (Å²) in [6.45, 7) is 6.44. The number of rotatable bonds is 2. The van der Waals surface area contributed by atoms with E-state index in [1.807, 2.05) is 18.2 Å².